The monoisotopic (exact) mass is 444 g/mol. The van der Waals surface area contributed by atoms with E-state index in [1.807, 2.05) is 12.1 Å². The van der Waals surface area contributed by atoms with E-state index in [0.29, 0.717) is 25.7 Å². The third-order valence-electron chi connectivity index (χ3n) is 5.79. The number of carbonyl (C=O) groups excluding carboxylic acids is 1. The summed E-state index contributed by atoms with van der Waals surface area (Å²) >= 11 is 1.73. The molecule has 0 saturated carbocycles. The lowest BCUT2D eigenvalue weighted by molar-refractivity contribution is -0.133. The third kappa shape index (κ3) is 4.14. The summed E-state index contributed by atoms with van der Waals surface area (Å²) in [6.45, 7) is 2.49. The molecule has 1 amide bonds. The minimum Gasteiger partial charge on any atom is -0.339 e. The first-order valence-electron chi connectivity index (χ1n) is 10.0. The van der Waals surface area contributed by atoms with Gasteiger partial charge in [0.2, 0.25) is 15.9 Å². The Morgan fingerprint density at radius 1 is 1.10 bits per heavy atom. The van der Waals surface area contributed by atoms with Crippen LogP contribution in [0.2, 0.25) is 0 Å². The lowest BCUT2D eigenvalue weighted by Crippen LogP contribution is -2.52. The van der Waals surface area contributed by atoms with Crippen LogP contribution in [0.25, 0.3) is 0 Å². The molecule has 0 spiro atoms. The summed E-state index contributed by atoms with van der Waals surface area (Å²) in [5.41, 5.74) is 0.143. The number of nitriles is 1. The Bertz CT molecular complexity index is 1040. The number of thiophene rings is 1. The average molecular weight is 445 g/mol. The number of benzene rings is 1. The van der Waals surface area contributed by atoms with Crippen LogP contribution in [0.15, 0.2) is 46.7 Å². The predicted molar refractivity (Wildman–Crippen MR) is 114 cm³/mol. The van der Waals surface area contributed by atoms with Gasteiger partial charge in [-0.1, -0.05) is 18.2 Å². The molecule has 0 bridgehead atoms. The van der Waals surface area contributed by atoms with Crippen molar-refractivity contribution in [2.24, 2.45) is 0 Å². The van der Waals surface area contributed by atoms with Crippen molar-refractivity contribution >= 4 is 27.3 Å². The average Bonchev–Trinajstić information content (AvgIpc) is 3.45. The molecule has 9 heteroatoms. The van der Waals surface area contributed by atoms with E-state index in [-0.39, 0.29) is 29.5 Å². The van der Waals surface area contributed by atoms with Crippen molar-refractivity contribution in [1.82, 2.24) is 14.1 Å². The Morgan fingerprint density at radius 2 is 1.87 bits per heavy atom. The largest absolute Gasteiger partial charge is 0.339 e. The van der Waals surface area contributed by atoms with Crippen molar-refractivity contribution in [3.8, 4) is 6.07 Å². The maximum absolute atomic E-state index is 13.0. The smallest absolute Gasteiger partial charge is 0.244 e. The highest BCUT2D eigenvalue weighted by atomic mass is 32.2. The fourth-order valence-electron chi connectivity index (χ4n) is 4.19. The molecular formula is C21H24N4O3S2. The van der Waals surface area contributed by atoms with Crippen LogP contribution in [0.3, 0.4) is 0 Å². The fourth-order valence-corrected chi connectivity index (χ4v) is 6.65. The van der Waals surface area contributed by atoms with E-state index in [2.05, 4.69) is 16.3 Å². The van der Waals surface area contributed by atoms with Gasteiger partial charge < -0.3 is 4.90 Å². The Morgan fingerprint density at radius 3 is 2.57 bits per heavy atom. The van der Waals surface area contributed by atoms with Crippen LogP contribution in [0.5, 0.6) is 0 Å². The molecule has 2 saturated heterocycles. The van der Waals surface area contributed by atoms with Gasteiger partial charge in [-0.3, -0.25) is 9.69 Å². The summed E-state index contributed by atoms with van der Waals surface area (Å²) in [5, 5.41) is 11.3. The first kappa shape index (κ1) is 21.0. The number of sulfonamides is 1. The van der Waals surface area contributed by atoms with Gasteiger partial charge in [-0.25, -0.2) is 8.42 Å². The maximum atomic E-state index is 13.0. The first-order chi connectivity index (χ1) is 14.5. The van der Waals surface area contributed by atoms with E-state index < -0.39 is 10.0 Å². The van der Waals surface area contributed by atoms with Crippen LogP contribution in [0, 0.1) is 11.3 Å². The minimum absolute atomic E-state index is 0.0307. The van der Waals surface area contributed by atoms with E-state index in [1.165, 1.54) is 21.3 Å². The second-order valence-electron chi connectivity index (χ2n) is 7.54. The molecule has 1 atom stereocenters. The van der Waals surface area contributed by atoms with Gasteiger partial charge in [0, 0.05) is 37.1 Å². The second-order valence-corrected chi connectivity index (χ2v) is 10.4. The van der Waals surface area contributed by atoms with Gasteiger partial charge in [-0.2, -0.15) is 9.57 Å². The molecule has 3 heterocycles. The van der Waals surface area contributed by atoms with Crippen molar-refractivity contribution < 1.29 is 13.2 Å². The number of likely N-dealkylation sites (tertiary alicyclic amines) is 1. The molecule has 1 aromatic carbocycles. The standard InChI is InChI=1S/C21H24N4O3S2/c22-15-17-5-1-2-8-20(17)30(27,28)25-12-10-23(11-13-25)21(26)16-24-9-3-6-18(24)19-7-4-14-29-19/h1-2,4-5,7-8,14,18H,3,6,9-13,16H2/t18-/m0/s1. The molecule has 2 aromatic rings. The summed E-state index contributed by atoms with van der Waals surface area (Å²) in [5.74, 6) is 0.0490. The molecule has 30 heavy (non-hydrogen) atoms. The SMILES string of the molecule is N#Cc1ccccc1S(=O)(=O)N1CCN(C(=O)CN2CCC[C@H]2c2cccs2)CC1. The second kappa shape index (κ2) is 8.86. The van der Waals surface area contributed by atoms with Gasteiger partial charge in [0.1, 0.15) is 6.07 Å². The highest BCUT2D eigenvalue weighted by Crippen LogP contribution is 2.34. The van der Waals surface area contributed by atoms with Crippen molar-refractivity contribution in [3.05, 3.63) is 52.2 Å². The lowest BCUT2D eigenvalue weighted by Gasteiger charge is -2.35. The fraction of sp³-hybridized carbons (Fsp3) is 0.429. The zero-order valence-electron chi connectivity index (χ0n) is 16.6. The summed E-state index contributed by atoms with van der Waals surface area (Å²) in [7, 11) is -3.75. The van der Waals surface area contributed by atoms with E-state index in [0.717, 1.165) is 19.4 Å². The van der Waals surface area contributed by atoms with Gasteiger partial charge in [-0.15, -0.1) is 11.3 Å². The zero-order chi connectivity index (χ0) is 21.1. The molecule has 7 nitrogen and oxygen atoms in total. The molecule has 2 fully saturated rings. The van der Waals surface area contributed by atoms with Crippen molar-refractivity contribution in [2.75, 3.05) is 39.3 Å². The zero-order valence-corrected chi connectivity index (χ0v) is 18.2. The highest BCUT2D eigenvalue weighted by Gasteiger charge is 2.34. The third-order valence-corrected chi connectivity index (χ3v) is 8.72. The first-order valence-corrected chi connectivity index (χ1v) is 12.4. The van der Waals surface area contributed by atoms with E-state index >= 15 is 0 Å². The molecular weight excluding hydrogens is 420 g/mol. The van der Waals surface area contributed by atoms with Crippen LogP contribution < -0.4 is 0 Å². The van der Waals surface area contributed by atoms with Gasteiger partial charge >= 0.3 is 0 Å². The summed E-state index contributed by atoms with van der Waals surface area (Å²) < 4.78 is 27.3. The van der Waals surface area contributed by atoms with Crippen molar-refractivity contribution in [1.29, 1.82) is 5.26 Å². The molecule has 2 aliphatic rings. The Kier molecular flexibility index (Phi) is 6.20. The molecule has 1 aromatic heterocycles. The summed E-state index contributed by atoms with van der Waals surface area (Å²) in [4.78, 5) is 18.2. The minimum atomic E-state index is -3.75. The van der Waals surface area contributed by atoms with Crippen LogP contribution >= 0.6 is 11.3 Å². The normalized spacial score (nSPS) is 20.9. The van der Waals surface area contributed by atoms with Gasteiger partial charge in [0.15, 0.2) is 0 Å². The molecule has 0 unspecified atom stereocenters. The van der Waals surface area contributed by atoms with Gasteiger partial charge in [0.25, 0.3) is 0 Å². The van der Waals surface area contributed by atoms with Crippen LogP contribution in [0.4, 0.5) is 0 Å². The molecule has 4 rings (SSSR count). The number of carbonyl (C=O) groups is 1. The summed E-state index contributed by atoms with van der Waals surface area (Å²) in [6, 6.07) is 12.7. The van der Waals surface area contributed by atoms with Crippen LogP contribution in [-0.4, -0.2) is 67.7 Å². The predicted octanol–water partition coefficient (Wildman–Crippen LogP) is 2.29. The summed E-state index contributed by atoms with van der Waals surface area (Å²) in [6.07, 6.45) is 2.15. The number of rotatable bonds is 5. The molecule has 0 aliphatic carbocycles. The number of piperazine rings is 1. The lowest BCUT2D eigenvalue weighted by atomic mass is 10.2. The topological polar surface area (TPSA) is 84.7 Å². The number of hydrogen-bond donors (Lipinski definition) is 0. The molecule has 2 aliphatic heterocycles. The number of nitrogens with zero attached hydrogens (tertiary/aromatic N) is 4. The van der Waals surface area contributed by atoms with Crippen LogP contribution in [0.1, 0.15) is 29.3 Å². The Labute approximate surface area is 181 Å². The molecule has 0 radical (unpaired) electrons. The van der Waals surface area contributed by atoms with Gasteiger partial charge in [-0.05, 0) is 43.0 Å². The number of hydrogen-bond acceptors (Lipinski definition) is 6. The Hall–Kier alpha value is -2.25. The quantitative estimate of drug-likeness (QED) is 0.706. The molecule has 158 valence electrons. The molecule has 0 N–H and O–H groups in total. The maximum Gasteiger partial charge on any atom is 0.244 e. The van der Waals surface area contributed by atoms with E-state index in [4.69, 9.17) is 0 Å². The van der Waals surface area contributed by atoms with Crippen LogP contribution in [-0.2, 0) is 14.8 Å². The number of amides is 1. The van der Waals surface area contributed by atoms with E-state index in [9.17, 15) is 18.5 Å². The van der Waals surface area contributed by atoms with E-state index in [1.54, 1.807) is 28.4 Å². The van der Waals surface area contributed by atoms with Gasteiger partial charge in [0.05, 0.1) is 17.0 Å². The van der Waals surface area contributed by atoms with Crippen molar-refractivity contribution in [2.45, 2.75) is 23.8 Å². The Balaban J connectivity index is 1.37. The highest BCUT2D eigenvalue weighted by molar-refractivity contribution is 7.89. The van der Waals surface area contributed by atoms with Crippen molar-refractivity contribution in [3.63, 3.8) is 0 Å².